The SMILES string of the molecule is CNc1nc(CCc2cc(C)ccc2C)c(C)s1. The van der Waals surface area contributed by atoms with E-state index in [0.29, 0.717) is 0 Å². The summed E-state index contributed by atoms with van der Waals surface area (Å²) in [7, 11) is 1.92. The molecule has 0 bridgehead atoms. The number of aromatic nitrogens is 1. The van der Waals surface area contributed by atoms with Crippen molar-refractivity contribution in [1.82, 2.24) is 4.98 Å². The molecule has 0 amide bonds. The Balaban J connectivity index is 2.11. The van der Waals surface area contributed by atoms with Gasteiger partial charge in [0.15, 0.2) is 5.13 Å². The second-order valence-electron chi connectivity index (χ2n) is 4.70. The van der Waals surface area contributed by atoms with Crippen LogP contribution in [0.5, 0.6) is 0 Å². The molecule has 0 spiro atoms. The topological polar surface area (TPSA) is 24.9 Å². The summed E-state index contributed by atoms with van der Waals surface area (Å²) in [5, 5.41) is 4.13. The number of aryl methyl sites for hydroxylation is 5. The molecule has 0 aliphatic carbocycles. The van der Waals surface area contributed by atoms with Crippen molar-refractivity contribution in [2.45, 2.75) is 33.6 Å². The molecule has 0 aliphatic rings. The van der Waals surface area contributed by atoms with Gasteiger partial charge in [0, 0.05) is 11.9 Å². The quantitative estimate of drug-likeness (QED) is 0.902. The minimum Gasteiger partial charge on any atom is -0.365 e. The lowest BCUT2D eigenvalue weighted by Gasteiger charge is -2.06. The Morgan fingerprint density at radius 3 is 2.61 bits per heavy atom. The summed E-state index contributed by atoms with van der Waals surface area (Å²) >= 11 is 1.73. The molecule has 18 heavy (non-hydrogen) atoms. The number of hydrogen-bond acceptors (Lipinski definition) is 3. The van der Waals surface area contributed by atoms with Gasteiger partial charge in [-0.1, -0.05) is 23.8 Å². The van der Waals surface area contributed by atoms with Crippen LogP contribution in [0.25, 0.3) is 0 Å². The highest BCUT2D eigenvalue weighted by atomic mass is 32.1. The summed E-state index contributed by atoms with van der Waals surface area (Å²) < 4.78 is 0. The first kappa shape index (κ1) is 13.1. The smallest absolute Gasteiger partial charge is 0.182 e. The molecule has 1 heterocycles. The van der Waals surface area contributed by atoms with E-state index in [-0.39, 0.29) is 0 Å². The van der Waals surface area contributed by atoms with Crippen molar-refractivity contribution < 1.29 is 0 Å². The minimum absolute atomic E-state index is 1.02. The van der Waals surface area contributed by atoms with Gasteiger partial charge in [0.1, 0.15) is 0 Å². The van der Waals surface area contributed by atoms with Gasteiger partial charge in [-0.2, -0.15) is 0 Å². The highest BCUT2D eigenvalue weighted by Gasteiger charge is 2.07. The summed E-state index contributed by atoms with van der Waals surface area (Å²) in [5.74, 6) is 0. The predicted molar refractivity (Wildman–Crippen MR) is 79.7 cm³/mol. The van der Waals surface area contributed by atoms with Gasteiger partial charge in [0.2, 0.25) is 0 Å². The van der Waals surface area contributed by atoms with Crippen LogP contribution < -0.4 is 5.32 Å². The fourth-order valence-electron chi connectivity index (χ4n) is 2.09. The molecule has 0 aliphatic heterocycles. The monoisotopic (exact) mass is 260 g/mol. The van der Waals surface area contributed by atoms with Gasteiger partial charge in [-0.05, 0) is 44.7 Å². The molecular weight excluding hydrogens is 240 g/mol. The molecule has 1 aromatic carbocycles. The first-order valence-electron chi connectivity index (χ1n) is 6.30. The number of nitrogens with zero attached hydrogens (tertiary/aromatic N) is 1. The average molecular weight is 260 g/mol. The first-order chi connectivity index (χ1) is 8.60. The summed E-state index contributed by atoms with van der Waals surface area (Å²) in [5.41, 5.74) is 5.38. The highest BCUT2D eigenvalue weighted by molar-refractivity contribution is 7.15. The standard InChI is InChI=1S/C15H20N2S/c1-10-5-6-11(2)13(9-10)7-8-14-12(3)18-15(16-4)17-14/h5-6,9H,7-8H2,1-4H3,(H,16,17). The maximum atomic E-state index is 4.60. The van der Waals surface area contributed by atoms with Gasteiger partial charge in [-0.25, -0.2) is 4.98 Å². The Morgan fingerprint density at radius 1 is 1.17 bits per heavy atom. The number of rotatable bonds is 4. The zero-order valence-electron chi connectivity index (χ0n) is 11.5. The van der Waals surface area contributed by atoms with Crippen LogP contribution in [0.15, 0.2) is 18.2 Å². The first-order valence-corrected chi connectivity index (χ1v) is 7.12. The van der Waals surface area contributed by atoms with Crippen molar-refractivity contribution in [2.75, 3.05) is 12.4 Å². The third-order valence-corrected chi connectivity index (χ3v) is 4.27. The Labute approximate surface area is 113 Å². The largest absolute Gasteiger partial charge is 0.365 e. The Morgan fingerprint density at radius 2 is 1.94 bits per heavy atom. The average Bonchev–Trinajstić information content (AvgIpc) is 2.71. The number of nitrogens with one attached hydrogen (secondary N) is 1. The summed E-state index contributed by atoms with van der Waals surface area (Å²) in [6.07, 6.45) is 2.09. The van der Waals surface area contributed by atoms with Crippen molar-refractivity contribution in [1.29, 1.82) is 0 Å². The fourth-order valence-corrected chi connectivity index (χ4v) is 2.90. The highest BCUT2D eigenvalue weighted by Crippen LogP contribution is 2.23. The van der Waals surface area contributed by atoms with Crippen molar-refractivity contribution in [3.05, 3.63) is 45.5 Å². The van der Waals surface area contributed by atoms with Crippen LogP contribution in [0.2, 0.25) is 0 Å². The molecule has 3 heteroatoms. The Bertz CT molecular complexity index is 543. The summed E-state index contributed by atoms with van der Waals surface area (Å²) in [4.78, 5) is 5.93. The lowest BCUT2D eigenvalue weighted by Crippen LogP contribution is -1.97. The van der Waals surface area contributed by atoms with E-state index in [4.69, 9.17) is 0 Å². The molecule has 0 unspecified atom stereocenters. The molecule has 1 N–H and O–H groups in total. The van der Waals surface area contributed by atoms with Gasteiger partial charge >= 0.3 is 0 Å². The maximum absolute atomic E-state index is 4.60. The van der Waals surface area contributed by atoms with Gasteiger partial charge in [0.25, 0.3) is 0 Å². The molecule has 0 atom stereocenters. The Hall–Kier alpha value is -1.35. The van der Waals surface area contributed by atoms with Crippen molar-refractivity contribution in [3.8, 4) is 0 Å². The summed E-state index contributed by atoms with van der Waals surface area (Å²) in [6, 6.07) is 6.67. The van der Waals surface area contributed by atoms with Crippen molar-refractivity contribution >= 4 is 16.5 Å². The zero-order chi connectivity index (χ0) is 13.1. The van der Waals surface area contributed by atoms with Crippen LogP contribution in [0.1, 0.15) is 27.3 Å². The molecule has 0 fully saturated rings. The number of benzene rings is 1. The minimum atomic E-state index is 1.02. The molecule has 2 nitrogen and oxygen atoms in total. The molecule has 96 valence electrons. The van der Waals surface area contributed by atoms with Gasteiger partial charge in [-0.15, -0.1) is 11.3 Å². The third-order valence-electron chi connectivity index (χ3n) is 3.24. The lowest BCUT2D eigenvalue weighted by atomic mass is 10.0. The van der Waals surface area contributed by atoms with E-state index >= 15 is 0 Å². The Kier molecular flexibility index (Phi) is 4.02. The zero-order valence-corrected chi connectivity index (χ0v) is 12.3. The van der Waals surface area contributed by atoms with E-state index in [0.717, 1.165) is 18.0 Å². The molecule has 1 aromatic heterocycles. The van der Waals surface area contributed by atoms with E-state index < -0.39 is 0 Å². The van der Waals surface area contributed by atoms with E-state index in [2.05, 4.69) is 49.3 Å². The van der Waals surface area contributed by atoms with Crippen LogP contribution in [0.4, 0.5) is 5.13 Å². The van der Waals surface area contributed by atoms with Gasteiger partial charge < -0.3 is 5.32 Å². The number of hydrogen-bond donors (Lipinski definition) is 1. The molecule has 0 saturated carbocycles. The lowest BCUT2D eigenvalue weighted by molar-refractivity contribution is 0.908. The summed E-state index contributed by atoms with van der Waals surface area (Å²) in [6.45, 7) is 6.48. The van der Waals surface area contributed by atoms with E-state index in [9.17, 15) is 0 Å². The maximum Gasteiger partial charge on any atom is 0.182 e. The molecule has 2 aromatic rings. The number of anilines is 1. The molecule has 2 rings (SSSR count). The van der Waals surface area contributed by atoms with E-state index in [1.807, 2.05) is 7.05 Å². The van der Waals surface area contributed by atoms with E-state index in [1.54, 1.807) is 11.3 Å². The molecule has 0 saturated heterocycles. The van der Waals surface area contributed by atoms with Gasteiger partial charge in [-0.3, -0.25) is 0 Å². The third kappa shape index (κ3) is 2.91. The van der Waals surface area contributed by atoms with Crippen LogP contribution in [-0.2, 0) is 12.8 Å². The van der Waals surface area contributed by atoms with Crippen LogP contribution in [-0.4, -0.2) is 12.0 Å². The normalized spacial score (nSPS) is 10.7. The van der Waals surface area contributed by atoms with E-state index in [1.165, 1.54) is 27.3 Å². The van der Waals surface area contributed by atoms with Gasteiger partial charge in [0.05, 0.1) is 5.69 Å². The predicted octanol–water partition coefficient (Wildman–Crippen LogP) is 3.90. The molecular formula is C15H20N2S. The van der Waals surface area contributed by atoms with Crippen molar-refractivity contribution in [2.24, 2.45) is 0 Å². The van der Waals surface area contributed by atoms with Crippen LogP contribution >= 0.6 is 11.3 Å². The fraction of sp³-hybridized carbons (Fsp3) is 0.400. The second-order valence-corrected chi connectivity index (χ2v) is 5.91. The van der Waals surface area contributed by atoms with Crippen molar-refractivity contribution in [3.63, 3.8) is 0 Å². The van der Waals surface area contributed by atoms with Crippen LogP contribution in [0, 0.1) is 20.8 Å². The molecule has 0 radical (unpaired) electrons. The second kappa shape index (κ2) is 5.53. The van der Waals surface area contributed by atoms with Crippen LogP contribution in [0.3, 0.4) is 0 Å². The number of thiazole rings is 1.